The third-order valence-electron chi connectivity index (χ3n) is 3.17. The van der Waals surface area contributed by atoms with Crippen LogP contribution in [0.15, 0.2) is 23.1 Å². The number of hydrogen-bond acceptors (Lipinski definition) is 4. The van der Waals surface area contributed by atoms with Gasteiger partial charge < -0.3 is 14.6 Å². The molecule has 1 saturated heterocycles. The highest BCUT2D eigenvalue weighted by molar-refractivity contribution is 7.99. The highest BCUT2D eigenvalue weighted by atomic mass is 32.2. The van der Waals surface area contributed by atoms with Gasteiger partial charge in [-0.05, 0) is 18.2 Å². The Bertz CT molecular complexity index is 483. The van der Waals surface area contributed by atoms with Gasteiger partial charge in [0.2, 0.25) is 5.56 Å². The van der Waals surface area contributed by atoms with Crippen LogP contribution in [-0.4, -0.2) is 53.6 Å². The summed E-state index contributed by atoms with van der Waals surface area (Å²) in [6.45, 7) is 1.07. The minimum absolute atomic E-state index is 0.0874. The molecule has 1 amide bonds. The summed E-state index contributed by atoms with van der Waals surface area (Å²) in [7, 11) is 1.62. The summed E-state index contributed by atoms with van der Waals surface area (Å²) in [4.78, 5) is 28.2. The lowest BCUT2D eigenvalue weighted by Gasteiger charge is -2.28. The lowest BCUT2D eigenvalue weighted by atomic mass is 10.1. The zero-order chi connectivity index (χ0) is 13.7. The van der Waals surface area contributed by atoms with Crippen LogP contribution in [0.2, 0.25) is 0 Å². The van der Waals surface area contributed by atoms with Gasteiger partial charge in [-0.15, -0.1) is 0 Å². The van der Waals surface area contributed by atoms with E-state index in [-0.39, 0.29) is 17.5 Å². The van der Waals surface area contributed by atoms with Crippen LogP contribution in [0.25, 0.3) is 0 Å². The molecule has 0 aliphatic carbocycles. The van der Waals surface area contributed by atoms with Gasteiger partial charge in [0.25, 0.3) is 5.91 Å². The average molecular weight is 282 g/mol. The molecule has 1 aliphatic heterocycles. The predicted molar refractivity (Wildman–Crippen MR) is 75.7 cm³/mol. The Hall–Kier alpha value is -1.27. The Balaban J connectivity index is 2.16. The van der Waals surface area contributed by atoms with E-state index in [4.69, 9.17) is 4.74 Å². The number of aromatic amines is 1. The van der Waals surface area contributed by atoms with Crippen molar-refractivity contribution in [3.05, 3.63) is 34.2 Å². The van der Waals surface area contributed by atoms with Gasteiger partial charge in [0.1, 0.15) is 0 Å². The van der Waals surface area contributed by atoms with Gasteiger partial charge in [-0.2, -0.15) is 11.8 Å². The number of rotatable bonds is 5. The van der Waals surface area contributed by atoms with E-state index < -0.39 is 0 Å². The van der Waals surface area contributed by atoms with Crippen LogP contribution in [0.3, 0.4) is 0 Å². The van der Waals surface area contributed by atoms with E-state index in [1.807, 2.05) is 16.7 Å². The third kappa shape index (κ3) is 3.61. The number of nitrogens with zero attached hydrogens (tertiary/aromatic N) is 1. The molecular weight excluding hydrogens is 264 g/mol. The Morgan fingerprint density at radius 3 is 3.11 bits per heavy atom. The van der Waals surface area contributed by atoms with Crippen LogP contribution in [0.1, 0.15) is 16.8 Å². The minimum Gasteiger partial charge on any atom is -0.383 e. The van der Waals surface area contributed by atoms with Crippen molar-refractivity contribution in [1.82, 2.24) is 9.88 Å². The second-order valence-electron chi connectivity index (χ2n) is 4.45. The first-order chi connectivity index (χ1) is 9.22. The smallest absolute Gasteiger partial charge is 0.254 e. The summed E-state index contributed by atoms with van der Waals surface area (Å²) in [6.07, 6.45) is 2.51. The molecule has 0 spiro atoms. The summed E-state index contributed by atoms with van der Waals surface area (Å²) < 4.78 is 5.07. The highest BCUT2D eigenvalue weighted by Gasteiger charge is 2.27. The summed E-state index contributed by atoms with van der Waals surface area (Å²) in [6, 6.07) is 3.24. The number of amides is 1. The van der Waals surface area contributed by atoms with Gasteiger partial charge >= 0.3 is 0 Å². The molecule has 1 N–H and O–H groups in total. The van der Waals surface area contributed by atoms with Crippen LogP contribution < -0.4 is 5.56 Å². The average Bonchev–Trinajstić information content (AvgIpc) is 2.93. The Labute approximate surface area is 116 Å². The number of carbonyl (C=O) groups excluding carboxylic acids is 1. The van der Waals surface area contributed by atoms with E-state index in [1.54, 1.807) is 13.2 Å². The monoisotopic (exact) mass is 282 g/mol. The molecule has 2 heterocycles. The fourth-order valence-corrected chi connectivity index (χ4v) is 3.38. The molecule has 19 heavy (non-hydrogen) atoms. The molecular formula is C13H18N2O3S. The predicted octanol–water partition coefficient (Wildman–Crippen LogP) is 0.969. The first kappa shape index (κ1) is 14.1. The molecule has 1 unspecified atom stereocenters. The first-order valence-corrected chi connectivity index (χ1v) is 7.44. The summed E-state index contributed by atoms with van der Waals surface area (Å²) in [5.41, 5.74) is 0.190. The van der Waals surface area contributed by atoms with Crippen molar-refractivity contribution in [2.75, 3.05) is 31.8 Å². The topological polar surface area (TPSA) is 62.4 Å². The normalized spacial score (nSPS) is 18.5. The van der Waals surface area contributed by atoms with E-state index in [0.29, 0.717) is 18.7 Å². The molecule has 1 aromatic rings. The molecule has 104 valence electrons. The minimum atomic E-state index is -0.252. The van der Waals surface area contributed by atoms with Crippen LogP contribution in [-0.2, 0) is 4.74 Å². The number of H-pyrrole nitrogens is 1. The molecule has 5 nitrogen and oxygen atoms in total. The molecule has 1 aliphatic rings. The molecule has 0 aromatic carbocycles. The summed E-state index contributed by atoms with van der Waals surface area (Å²) >= 11 is 1.86. The Morgan fingerprint density at radius 1 is 1.63 bits per heavy atom. The number of methoxy groups -OCH3 is 1. The zero-order valence-corrected chi connectivity index (χ0v) is 11.7. The van der Waals surface area contributed by atoms with Crippen molar-refractivity contribution in [1.29, 1.82) is 0 Å². The van der Waals surface area contributed by atoms with E-state index in [1.165, 1.54) is 12.3 Å². The number of pyridine rings is 1. The quantitative estimate of drug-likeness (QED) is 0.874. The lowest BCUT2D eigenvalue weighted by Crippen LogP contribution is -2.42. The zero-order valence-electron chi connectivity index (χ0n) is 10.9. The maximum atomic E-state index is 12.5. The van der Waals surface area contributed by atoms with Crippen LogP contribution in [0, 0.1) is 0 Å². The second-order valence-corrected chi connectivity index (χ2v) is 5.60. The fourth-order valence-electron chi connectivity index (χ4n) is 2.15. The first-order valence-electron chi connectivity index (χ1n) is 6.29. The van der Waals surface area contributed by atoms with Gasteiger partial charge in [-0.1, -0.05) is 0 Å². The van der Waals surface area contributed by atoms with Crippen molar-refractivity contribution in [2.45, 2.75) is 12.5 Å². The molecule has 0 radical (unpaired) electrons. The molecule has 0 saturated carbocycles. The molecule has 1 atom stereocenters. The van der Waals surface area contributed by atoms with Crippen molar-refractivity contribution < 1.29 is 9.53 Å². The number of ether oxygens (including phenoxy) is 1. The molecule has 1 aromatic heterocycles. The van der Waals surface area contributed by atoms with Gasteiger partial charge in [0, 0.05) is 43.3 Å². The van der Waals surface area contributed by atoms with Gasteiger partial charge in [-0.25, -0.2) is 0 Å². The fraction of sp³-hybridized carbons (Fsp3) is 0.538. The second kappa shape index (κ2) is 6.77. The van der Waals surface area contributed by atoms with E-state index in [9.17, 15) is 9.59 Å². The van der Waals surface area contributed by atoms with Gasteiger partial charge in [0.05, 0.1) is 6.61 Å². The summed E-state index contributed by atoms with van der Waals surface area (Å²) in [5.74, 6) is 1.95. The van der Waals surface area contributed by atoms with Crippen molar-refractivity contribution in [3.8, 4) is 0 Å². The van der Waals surface area contributed by atoms with Crippen molar-refractivity contribution in [2.24, 2.45) is 0 Å². The SMILES string of the molecule is COCCN(C(=O)c1cc[nH]c(=O)c1)C1CCSC1. The van der Waals surface area contributed by atoms with E-state index in [2.05, 4.69) is 4.98 Å². The maximum Gasteiger partial charge on any atom is 0.254 e. The van der Waals surface area contributed by atoms with E-state index >= 15 is 0 Å². The van der Waals surface area contributed by atoms with Crippen LogP contribution in [0.4, 0.5) is 0 Å². The van der Waals surface area contributed by atoms with E-state index in [0.717, 1.165) is 17.9 Å². The Morgan fingerprint density at radius 2 is 2.47 bits per heavy atom. The third-order valence-corrected chi connectivity index (χ3v) is 4.31. The number of hydrogen-bond donors (Lipinski definition) is 1. The molecule has 0 bridgehead atoms. The van der Waals surface area contributed by atoms with Gasteiger partial charge in [0.15, 0.2) is 0 Å². The van der Waals surface area contributed by atoms with Gasteiger partial charge in [-0.3, -0.25) is 9.59 Å². The molecule has 6 heteroatoms. The lowest BCUT2D eigenvalue weighted by molar-refractivity contribution is 0.0624. The number of carbonyl (C=O) groups is 1. The number of aromatic nitrogens is 1. The number of thioether (sulfide) groups is 1. The molecule has 2 rings (SSSR count). The number of nitrogens with one attached hydrogen (secondary N) is 1. The van der Waals surface area contributed by atoms with Crippen molar-refractivity contribution >= 4 is 17.7 Å². The van der Waals surface area contributed by atoms with Crippen molar-refractivity contribution in [3.63, 3.8) is 0 Å². The summed E-state index contributed by atoms with van der Waals surface area (Å²) in [5, 5.41) is 0. The standard InChI is InChI=1S/C13H18N2O3S/c1-18-6-5-15(11-3-7-19-9-11)13(17)10-2-4-14-12(16)8-10/h2,4,8,11H,3,5-7,9H2,1H3,(H,14,16). The maximum absolute atomic E-state index is 12.5. The highest BCUT2D eigenvalue weighted by Crippen LogP contribution is 2.23. The molecule has 1 fully saturated rings. The Kier molecular flexibility index (Phi) is 5.04. The van der Waals surface area contributed by atoms with Crippen LogP contribution >= 0.6 is 11.8 Å². The largest absolute Gasteiger partial charge is 0.383 e. The van der Waals surface area contributed by atoms with Crippen LogP contribution in [0.5, 0.6) is 0 Å².